The summed E-state index contributed by atoms with van der Waals surface area (Å²) in [6, 6.07) is 11.5. The van der Waals surface area contributed by atoms with E-state index in [0.29, 0.717) is 10.9 Å². The SMILES string of the molecule is O=C(c1ccc(Cl)s1)C1CNc2ccccc21. The molecule has 1 aliphatic rings. The summed E-state index contributed by atoms with van der Waals surface area (Å²) in [5.41, 5.74) is 2.15. The molecule has 0 aliphatic carbocycles. The van der Waals surface area contributed by atoms with Crippen molar-refractivity contribution < 1.29 is 4.79 Å². The Morgan fingerprint density at radius 1 is 1.29 bits per heavy atom. The van der Waals surface area contributed by atoms with E-state index in [9.17, 15) is 4.79 Å². The lowest BCUT2D eigenvalue weighted by Gasteiger charge is -2.06. The molecular formula is C13H10ClNOS. The summed E-state index contributed by atoms with van der Waals surface area (Å²) in [7, 11) is 0. The van der Waals surface area contributed by atoms with Gasteiger partial charge in [-0.25, -0.2) is 0 Å². The average molecular weight is 264 g/mol. The maximum Gasteiger partial charge on any atom is 0.182 e. The molecule has 1 aliphatic heterocycles. The molecule has 17 heavy (non-hydrogen) atoms. The first-order chi connectivity index (χ1) is 8.25. The number of benzene rings is 1. The van der Waals surface area contributed by atoms with Crippen LogP contribution in [0.5, 0.6) is 0 Å². The predicted molar refractivity (Wildman–Crippen MR) is 71.3 cm³/mol. The van der Waals surface area contributed by atoms with Gasteiger partial charge in [0.05, 0.1) is 15.1 Å². The quantitative estimate of drug-likeness (QED) is 0.835. The van der Waals surface area contributed by atoms with Crippen LogP contribution < -0.4 is 5.32 Å². The molecule has 0 bridgehead atoms. The fraction of sp³-hybridized carbons (Fsp3) is 0.154. The first-order valence-corrected chi connectivity index (χ1v) is 6.57. The van der Waals surface area contributed by atoms with Crippen molar-refractivity contribution in [1.82, 2.24) is 0 Å². The van der Waals surface area contributed by atoms with Gasteiger partial charge in [-0.05, 0) is 23.8 Å². The number of Topliss-reactive ketones (excluding diaryl/α,β-unsaturated/α-hetero) is 1. The normalized spacial score (nSPS) is 17.6. The number of fused-ring (bicyclic) bond motifs is 1. The molecule has 2 aromatic rings. The molecule has 4 heteroatoms. The highest BCUT2D eigenvalue weighted by Gasteiger charge is 2.29. The van der Waals surface area contributed by atoms with Crippen LogP contribution in [0.4, 0.5) is 5.69 Å². The van der Waals surface area contributed by atoms with Crippen molar-refractivity contribution in [3.63, 3.8) is 0 Å². The van der Waals surface area contributed by atoms with Crippen LogP contribution in [0.15, 0.2) is 36.4 Å². The summed E-state index contributed by atoms with van der Waals surface area (Å²) < 4.78 is 0.660. The number of hydrogen-bond acceptors (Lipinski definition) is 3. The van der Waals surface area contributed by atoms with E-state index in [1.165, 1.54) is 11.3 Å². The van der Waals surface area contributed by atoms with E-state index in [1.54, 1.807) is 12.1 Å². The molecule has 0 amide bonds. The molecule has 2 heterocycles. The highest BCUT2D eigenvalue weighted by molar-refractivity contribution is 7.18. The summed E-state index contributed by atoms with van der Waals surface area (Å²) in [6.07, 6.45) is 0. The van der Waals surface area contributed by atoms with Crippen LogP contribution in [0.1, 0.15) is 21.2 Å². The Labute approximate surface area is 108 Å². The molecule has 0 saturated carbocycles. The van der Waals surface area contributed by atoms with Crippen molar-refractivity contribution in [3.8, 4) is 0 Å². The summed E-state index contributed by atoms with van der Waals surface area (Å²) in [5, 5.41) is 3.26. The number of halogens is 1. The zero-order valence-electron chi connectivity index (χ0n) is 8.94. The van der Waals surface area contributed by atoms with Gasteiger partial charge in [0.2, 0.25) is 0 Å². The Morgan fingerprint density at radius 3 is 2.88 bits per heavy atom. The van der Waals surface area contributed by atoms with Crippen LogP contribution >= 0.6 is 22.9 Å². The van der Waals surface area contributed by atoms with Crippen molar-refractivity contribution in [2.24, 2.45) is 0 Å². The smallest absolute Gasteiger partial charge is 0.182 e. The van der Waals surface area contributed by atoms with E-state index >= 15 is 0 Å². The summed E-state index contributed by atoms with van der Waals surface area (Å²) >= 11 is 7.21. The van der Waals surface area contributed by atoms with Gasteiger partial charge >= 0.3 is 0 Å². The van der Waals surface area contributed by atoms with Gasteiger partial charge in [-0.15, -0.1) is 11.3 Å². The third-order valence-corrected chi connectivity index (χ3v) is 4.21. The maximum atomic E-state index is 12.3. The summed E-state index contributed by atoms with van der Waals surface area (Å²) in [5.74, 6) is 0.0697. The van der Waals surface area contributed by atoms with Crippen LogP contribution in [-0.2, 0) is 0 Å². The van der Waals surface area contributed by atoms with E-state index in [4.69, 9.17) is 11.6 Å². The standard InChI is InChI=1S/C13H10ClNOS/c14-12-6-5-11(17-12)13(16)9-7-15-10-4-2-1-3-8(9)10/h1-6,9,15H,7H2. The molecule has 0 radical (unpaired) electrons. The van der Waals surface area contributed by atoms with Crippen molar-refractivity contribution in [3.05, 3.63) is 51.2 Å². The first-order valence-electron chi connectivity index (χ1n) is 5.38. The minimum Gasteiger partial charge on any atom is -0.384 e. The zero-order valence-corrected chi connectivity index (χ0v) is 10.5. The molecule has 1 unspecified atom stereocenters. The second kappa shape index (κ2) is 4.17. The fourth-order valence-electron chi connectivity index (χ4n) is 2.14. The molecule has 1 aromatic heterocycles. The number of nitrogens with one attached hydrogen (secondary N) is 1. The van der Waals surface area contributed by atoms with Crippen molar-refractivity contribution in [2.45, 2.75) is 5.92 Å². The lowest BCUT2D eigenvalue weighted by atomic mass is 9.96. The van der Waals surface area contributed by atoms with Crippen LogP contribution in [0, 0.1) is 0 Å². The lowest BCUT2D eigenvalue weighted by molar-refractivity contribution is 0.0970. The van der Waals surface area contributed by atoms with Gasteiger partial charge < -0.3 is 5.32 Å². The lowest BCUT2D eigenvalue weighted by Crippen LogP contribution is -2.13. The average Bonchev–Trinajstić information content (AvgIpc) is 2.94. The summed E-state index contributed by atoms with van der Waals surface area (Å²) in [6.45, 7) is 0.674. The van der Waals surface area contributed by atoms with E-state index < -0.39 is 0 Å². The minimum atomic E-state index is -0.0825. The molecule has 0 fully saturated rings. The van der Waals surface area contributed by atoms with Gasteiger partial charge in [0.15, 0.2) is 5.78 Å². The second-order valence-corrected chi connectivity index (χ2v) is 5.70. The van der Waals surface area contributed by atoms with Crippen LogP contribution in [0.25, 0.3) is 0 Å². The fourth-order valence-corrected chi connectivity index (χ4v) is 3.17. The molecule has 3 rings (SSSR count). The van der Waals surface area contributed by atoms with Gasteiger partial charge in [-0.3, -0.25) is 4.79 Å². The highest BCUT2D eigenvalue weighted by Crippen LogP contribution is 2.35. The van der Waals surface area contributed by atoms with E-state index in [-0.39, 0.29) is 11.7 Å². The third kappa shape index (κ3) is 1.85. The van der Waals surface area contributed by atoms with Crippen molar-refractivity contribution in [1.29, 1.82) is 0 Å². The van der Waals surface area contributed by atoms with Crippen molar-refractivity contribution >= 4 is 34.4 Å². The molecule has 1 atom stereocenters. The number of thiophene rings is 1. The Hall–Kier alpha value is -1.32. The Balaban J connectivity index is 1.95. The Kier molecular flexibility index (Phi) is 2.65. The summed E-state index contributed by atoms with van der Waals surface area (Å²) in [4.78, 5) is 13.1. The van der Waals surface area contributed by atoms with Gasteiger partial charge in [0, 0.05) is 12.2 Å². The number of ketones is 1. The third-order valence-electron chi connectivity index (χ3n) is 2.97. The number of hydrogen-bond donors (Lipinski definition) is 1. The van der Waals surface area contributed by atoms with Crippen LogP contribution in [-0.4, -0.2) is 12.3 Å². The van der Waals surface area contributed by atoms with Gasteiger partial charge in [0.1, 0.15) is 0 Å². The Bertz CT molecular complexity index is 578. The maximum absolute atomic E-state index is 12.3. The van der Waals surface area contributed by atoms with Gasteiger partial charge in [-0.1, -0.05) is 29.8 Å². The molecular weight excluding hydrogens is 254 g/mol. The second-order valence-electron chi connectivity index (χ2n) is 3.99. The number of para-hydroxylation sites is 1. The van der Waals surface area contributed by atoms with Crippen LogP contribution in [0.3, 0.4) is 0 Å². The number of anilines is 1. The molecule has 86 valence electrons. The van der Waals surface area contributed by atoms with Gasteiger partial charge in [0.25, 0.3) is 0 Å². The zero-order chi connectivity index (χ0) is 11.8. The largest absolute Gasteiger partial charge is 0.384 e. The molecule has 2 nitrogen and oxygen atoms in total. The molecule has 0 spiro atoms. The van der Waals surface area contributed by atoms with E-state index in [1.807, 2.05) is 24.3 Å². The van der Waals surface area contributed by atoms with E-state index in [0.717, 1.165) is 16.1 Å². The van der Waals surface area contributed by atoms with Crippen LogP contribution in [0.2, 0.25) is 4.34 Å². The first kappa shape index (κ1) is 10.8. The topological polar surface area (TPSA) is 29.1 Å². The molecule has 0 saturated heterocycles. The molecule has 1 aromatic carbocycles. The Morgan fingerprint density at radius 2 is 2.12 bits per heavy atom. The number of carbonyl (C=O) groups excluding carboxylic acids is 1. The van der Waals surface area contributed by atoms with Crippen molar-refractivity contribution in [2.75, 3.05) is 11.9 Å². The highest BCUT2D eigenvalue weighted by atomic mass is 35.5. The molecule has 1 N–H and O–H groups in total. The minimum absolute atomic E-state index is 0.0825. The monoisotopic (exact) mass is 263 g/mol. The number of carbonyl (C=O) groups is 1. The van der Waals surface area contributed by atoms with E-state index in [2.05, 4.69) is 5.32 Å². The van der Waals surface area contributed by atoms with Gasteiger partial charge in [-0.2, -0.15) is 0 Å². The predicted octanol–water partition coefficient (Wildman–Crippen LogP) is 3.79. The number of rotatable bonds is 2.